The van der Waals surface area contributed by atoms with Crippen molar-refractivity contribution in [2.45, 2.75) is 27.2 Å². The molecule has 0 saturated heterocycles. The lowest BCUT2D eigenvalue weighted by molar-refractivity contribution is 0.420. The maximum atomic E-state index is 3.07. The Labute approximate surface area is 64.5 Å². The van der Waals surface area contributed by atoms with E-state index < -0.39 is 0 Å². The molecule has 0 aliphatic heterocycles. The van der Waals surface area contributed by atoms with Gasteiger partial charge in [-0.25, -0.2) is 0 Å². The Morgan fingerprint density at radius 1 is 1.20 bits per heavy atom. The number of nitrogens with one attached hydrogen (secondary N) is 1. The quantitative estimate of drug-likeness (QED) is 0.594. The van der Waals surface area contributed by atoms with Crippen molar-refractivity contribution in [1.29, 1.82) is 0 Å². The van der Waals surface area contributed by atoms with E-state index in [0.717, 1.165) is 13.0 Å². The molecule has 10 heavy (non-hydrogen) atoms. The Bertz CT molecular complexity index is 97.8. The van der Waals surface area contributed by atoms with Crippen LogP contribution in [0, 0.1) is 5.41 Å². The molecule has 0 unspecified atom stereocenters. The molecular formula is C9H19N. The van der Waals surface area contributed by atoms with Crippen LogP contribution < -0.4 is 5.32 Å². The van der Waals surface area contributed by atoms with Gasteiger partial charge in [-0.2, -0.15) is 0 Å². The lowest BCUT2D eigenvalue weighted by atomic mass is 9.92. The van der Waals surface area contributed by atoms with Crippen molar-refractivity contribution in [2.24, 2.45) is 5.41 Å². The maximum Gasteiger partial charge on any atom is 0.0131 e. The van der Waals surface area contributed by atoms with Crippen molar-refractivity contribution in [2.75, 3.05) is 13.6 Å². The molecule has 0 amide bonds. The molecular weight excluding hydrogens is 122 g/mol. The van der Waals surface area contributed by atoms with Gasteiger partial charge in [0.25, 0.3) is 0 Å². The smallest absolute Gasteiger partial charge is 0.0131 e. The molecule has 1 nitrogen and oxygen atoms in total. The van der Waals surface area contributed by atoms with E-state index in [1.165, 1.54) is 0 Å². The third-order valence-corrected chi connectivity index (χ3v) is 1.22. The monoisotopic (exact) mass is 141 g/mol. The van der Waals surface area contributed by atoms with Crippen LogP contribution in [-0.2, 0) is 0 Å². The minimum Gasteiger partial charge on any atom is -0.316 e. The van der Waals surface area contributed by atoms with E-state index in [0.29, 0.717) is 5.41 Å². The van der Waals surface area contributed by atoms with Crippen molar-refractivity contribution in [3.63, 3.8) is 0 Å². The van der Waals surface area contributed by atoms with Gasteiger partial charge in [0.1, 0.15) is 0 Å². The zero-order valence-electron chi connectivity index (χ0n) is 7.57. The second kappa shape index (κ2) is 4.51. The third-order valence-electron chi connectivity index (χ3n) is 1.22. The van der Waals surface area contributed by atoms with Crippen LogP contribution in [0.25, 0.3) is 0 Å². The summed E-state index contributed by atoms with van der Waals surface area (Å²) in [7, 11) is 1.96. The second-order valence-corrected chi connectivity index (χ2v) is 3.79. The van der Waals surface area contributed by atoms with Gasteiger partial charge in [0.15, 0.2) is 0 Å². The maximum absolute atomic E-state index is 3.07. The average Bonchev–Trinajstić information content (AvgIpc) is 1.78. The Kier molecular flexibility index (Phi) is 4.37. The molecule has 0 aromatic rings. The zero-order chi connectivity index (χ0) is 8.04. The molecule has 0 saturated carbocycles. The highest BCUT2D eigenvalue weighted by Gasteiger charge is 2.05. The van der Waals surface area contributed by atoms with Crippen molar-refractivity contribution in [3.8, 4) is 0 Å². The summed E-state index contributed by atoms with van der Waals surface area (Å²) in [5, 5.41) is 3.07. The fraction of sp³-hybridized carbons (Fsp3) is 0.778. The van der Waals surface area contributed by atoms with Crippen LogP contribution in [0.4, 0.5) is 0 Å². The summed E-state index contributed by atoms with van der Waals surface area (Å²) in [6.45, 7) is 7.72. The number of hydrogen-bond donors (Lipinski definition) is 1. The Morgan fingerprint density at radius 2 is 1.80 bits per heavy atom. The molecule has 0 aliphatic rings. The predicted octanol–water partition coefficient (Wildman–Crippen LogP) is 2.20. The van der Waals surface area contributed by atoms with Gasteiger partial charge in [-0.3, -0.25) is 0 Å². The topological polar surface area (TPSA) is 12.0 Å². The van der Waals surface area contributed by atoms with Gasteiger partial charge in [0.05, 0.1) is 0 Å². The van der Waals surface area contributed by atoms with Gasteiger partial charge in [-0.1, -0.05) is 32.9 Å². The van der Waals surface area contributed by atoms with Gasteiger partial charge in [0.2, 0.25) is 0 Å². The summed E-state index contributed by atoms with van der Waals surface area (Å²) in [6.07, 6.45) is 5.57. The van der Waals surface area contributed by atoms with Gasteiger partial charge in [-0.05, 0) is 18.9 Å². The summed E-state index contributed by atoms with van der Waals surface area (Å²) in [6, 6.07) is 0. The minimum absolute atomic E-state index is 0.435. The molecule has 0 fully saturated rings. The first-order valence-corrected chi connectivity index (χ1v) is 3.86. The summed E-state index contributed by atoms with van der Waals surface area (Å²) < 4.78 is 0. The van der Waals surface area contributed by atoms with E-state index in [9.17, 15) is 0 Å². The van der Waals surface area contributed by atoms with Crippen molar-refractivity contribution >= 4 is 0 Å². The SMILES string of the molecule is CNC/C=C\CC(C)(C)C. The van der Waals surface area contributed by atoms with Crippen LogP contribution in [0.5, 0.6) is 0 Å². The Balaban J connectivity index is 3.34. The summed E-state index contributed by atoms with van der Waals surface area (Å²) >= 11 is 0. The fourth-order valence-corrected chi connectivity index (χ4v) is 0.638. The van der Waals surface area contributed by atoms with Crippen LogP contribution in [0.15, 0.2) is 12.2 Å². The number of rotatable bonds is 3. The van der Waals surface area contributed by atoms with Gasteiger partial charge in [0, 0.05) is 6.54 Å². The van der Waals surface area contributed by atoms with Crippen molar-refractivity contribution < 1.29 is 0 Å². The highest BCUT2D eigenvalue weighted by atomic mass is 14.8. The van der Waals surface area contributed by atoms with Crippen LogP contribution >= 0.6 is 0 Å². The van der Waals surface area contributed by atoms with E-state index in [-0.39, 0.29) is 0 Å². The van der Waals surface area contributed by atoms with E-state index in [1.807, 2.05) is 7.05 Å². The molecule has 0 rings (SSSR count). The van der Waals surface area contributed by atoms with Crippen LogP contribution in [0.1, 0.15) is 27.2 Å². The lowest BCUT2D eigenvalue weighted by Crippen LogP contribution is -2.05. The first-order chi connectivity index (χ1) is 4.56. The second-order valence-electron chi connectivity index (χ2n) is 3.79. The molecule has 0 heterocycles. The molecule has 0 aromatic heterocycles. The minimum atomic E-state index is 0.435. The normalized spacial score (nSPS) is 12.8. The third kappa shape index (κ3) is 7.70. The molecule has 1 heteroatoms. The number of allylic oxidation sites excluding steroid dienone is 1. The number of hydrogen-bond acceptors (Lipinski definition) is 1. The predicted molar refractivity (Wildman–Crippen MR) is 47.1 cm³/mol. The van der Waals surface area contributed by atoms with Gasteiger partial charge >= 0.3 is 0 Å². The molecule has 0 aliphatic carbocycles. The van der Waals surface area contributed by atoms with Crippen molar-refractivity contribution in [3.05, 3.63) is 12.2 Å². The van der Waals surface area contributed by atoms with Crippen molar-refractivity contribution in [1.82, 2.24) is 5.32 Å². The molecule has 0 atom stereocenters. The average molecular weight is 141 g/mol. The molecule has 1 N–H and O–H groups in total. The van der Waals surface area contributed by atoms with Crippen LogP contribution in [0.2, 0.25) is 0 Å². The van der Waals surface area contributed by atoms with Crippen LogP contribution in [0.3, 0.4) is 0 Å². The largest absolute Gasteiger partial charge is 0.316 e. The first kappa shape index (κ1) is 9.70. The molecule has 0 aromatic carbocycles. The Morgan fingerprint density at radius 3 is 2.20 bits per heavy atom. The number of likely N-dealkylation sites (N-methyl/N-ethyl adjacent to an activating group) is 1. The highest BCUT2D eigenvalue weighted by Crippen LogP contribution is 2.18. The zero-order valence-corrected chi connectivity index (χ0v) is 7.57. The van der Waals surface area contributed by atoms with Crippen LogP contribution in [-0.4, -0.2) is 13.6 Å². The Hall–Kier alpha value is -0.300. The lowest BCUT2D eigenvalue weighted by Gasteiger charge is -2.14. The summed E-state index contributed by atoms with van der Waals surface area (Å²) in [5.41, 5.74) is 0.435. The molecule has 0 spiro atoms. The summed E-state index contributed by atoms with van der Waals surface area (Å²) in [4.78, 5) is 0. The van der Waals surface area contributed by atoms with Gasteiger partial charge in [-0.15, -0.1) is 0 Å². The van der Waals surface area contributed by atoms with E-state index in [1.54, 1.807) is 0 Å². The molecule has 0 radical (unpaired) electrons. The fourth-order valence-electron chi connectivity index (χ4n) is 0.638. The highest BCUT2D eigenvalue weighted by molar-refractivity contribution is 4.86. The summed E-state index contributed by atoms with van der Waals surface area (Å²) in [5.74, 6) is 0. The standard InChI is InChI=1S/C9H19N/c1-9(2,3)7-5-6-8-10-4/h5-6,10H,7-8H2,1-4H3/b6-5-. The van der Waals surface area contributed by atoms with Gasteiger partial charge < -0.3 is 5.32 Å². The van der Waals surface area contributed by atoms with E-state index in [4.69, 9.17) is 0 Å². The molecule has 0 bridgehead atoms. The molecule has 60 valence electrons. The van der Waals surface area contributed by atoms with E-state index in [2.05, 4.69) is 38.2 Å². The first-order valence-electron chi connectivity index (χ1n) is 3.86. The van der Waals surface area contributed by atoms with E-state index >= 15 is 0 Å².